The average Bonchev–Trinajstić information content (AvgIpc) is 2.54. The van der Waals surface area contributed by atoms with Crippen LogP contribution in [0.2, 0.25) is 0 Å². The first kappa shape index (κ1) is 13.8. The quantitative estimate of drug-likeness (QED) is 0.706. The van der Waals surface area contributed by atoms with Crippen LogP contribution >= 0.6 is 0 Å². The van der Waals surface area contributed by atoms with Gasteiger partial charge in [0.15, 0.2) is 0 Å². The van der Waals surface area contributed by atoms with E-state index in [2.05, 4.69) is 14.7 Å². The van der Waals surface area contributed by atoms with Gasteiger partial charge in [0.2, 0.25) is 0 Å². The Morgan fingerprint density at radius 2 is 2.05 bits per heavy atom. The van der Waals surface area contributed by atoms with Crippen molar-refractivity contribution in [3.05, 3.63) is 58.4 Å². The third-order valence-electron chi connectivity index (χ3n) is 3.25. The number of hydrogen-bond donors (Lipinski definition) is 2. The molecular formula is C16H12N2O4. The Kier molecular flexibility index (Phi) is 3.34. The molecule has 2 aromatic carbocycles. The van der Waals surface area contributed by atoms with Crippen molar-refractivity contribution >= 4 is 16.9 Å². The van der Waals surface area contributed by atoms with Crippen LogP contribution in [0, 0.1) is 0 Å². The van der Waals surface area contributed by atoms with Crippen molar-refractivity contribution in [3.63, 3.8) is 0 Å². The first-order valence-corrected chi connectivity index (χ1v) is 6.50. The number of rotatable bonds is 2. The average molecular weight is 296 g/mol. The zero-order valence-corrected chi connectivity index (χ0v) is 11.7. The van der Waals surface area contributed by atoms with Crippen molar-refractivity contribution in [1.82, 2.24) is 9.97 Å². The highest BCUT2D eigenvalue weighted by Crippen LogP contribution is 2.20. The lowest BCUT2D eigenvalue weighted by Crippen LogP contribution is -2.09. The Labute approximate surface area is 125 Å². The van der Waals surface area contributed by atoms with Gasteiger partial charge in [-0.2, -0.15) is 0 Å². The van der Waals surface area contributed by atoms with Crippen molar-refractivity contribution in [2.45, 2.75) is 0 Å². The number of phenols is 1. The molecule has 0 aliphatic carbocycles. The minimum atomic E-state index is -0.463. The maximum atomic E-state index is 12.1. The molecule has 0 fully saturated rings. The van der Waals surface area contributed by atoms with Crippen LogP contribution in [0.3, 0.4) is 0 Å². The van der Waals surface area contributed by atoms with Crippen molar-refractivity contribution < 1.29 is 14.6 Å². The molecule has 6 heteroatoms. The summed E-state index contributed by atoms with van der Waals surface area (Å²) in [5.41, 5.74) is 1.06. The molecule has 1 heterocycles. The van der Waals surface area contributed by atoms with Gasteiger partial charge in [0.25, 0.3) is 5.56 Å². The molecule has 0 bridgehead atoms. The summed E-state index contributed by atoms with van der Waals surface area (Å²) in [5.74, 6) is -0.121. The molecule has 6 nitrogen and oxygen atoms in total. The predicted molar refractivity (Wildman–Crippen MR) is 80.8 cm³/mol. The molecule has 22 heavy (non-hydrogen) atoms. The molecule has 0 saturated carbocycles. The van der Waals surface area contributed by atoms with E-state index in [4.69, 9.17) is 0 Å². The van der Waals surface area contributed by atoms with E-state index in [9.17, 15) is 14.7 Å². The van der Waals surface area contributed by atoms with Crippen LogP contribution in [-0.2, 0) is 4.74 Å². The number of benzene rings is 2. The van der Waals surface area contributed by atoms with E-state index in [1.807, 2.05) is 0 Å². The monoisotopic (exact) mass is 296 g/mol. The minimum absolute atomic E-state index is 0.000221. The van der Waals surface area contributed by atoms with Gasteiger partial charge >= 0.3 is 5.97 Å². The van der Waals surface area contributed by atoms with Crippen LogP contribution in [0.15, 0.2) is 47.3 Å². The standard InChI is InChI=1S/C16H12N2O4/c1-22-16(21)10-4-2-3-9(7-10)14-17-13-6-5-11(19)8-12(13)15(20)18-14/h2-8,19H,1H3,(H,17,18,20). The summed E-state index contributed by atoms with van der Waals surface area (Å²) in [5, 5.41) is 9.73. The molecule has 110 valence electrons. The van der Waals surface area contributed by atoms with Gasteiger partial charge in [0, 0.05) is 5.56 Å². The molecule has 0 radical (unpaired) electrons. The molecule has 3 rings (SSSR count). The Hall–Kier alpha value is -3.15. The van der Waals surface area contributed by atoms with Crippen LogP contribution in [0.25, 0.3) is 22.3 Å². The number of aromatic amines is 1. The zero-order valence-electron chi connectivity index (χ0n) is 11.7. The Morgan fingerprint density at radius 1 is 1.23 bits per heavy atom. The maximum absolute atomic E-state index is 12.1. The number of methoxy groups -OCH3 is 1. The summed E-state index contributed by atoms with van der Waals surface area (Å²) >= 11 is 0. The summed E-state index contributed by atoms with van der Waals surface area (Å²) in [4.78, 5) is 30.7. The van der Waals surface area contributed by atoms with Gasteiger partial charge in [0.05, 0.1) is 23.6 Å². The van der Waals surface area contributed by atoms with Crippen LogP contribution in [0.5, 0.6) is 5.75 Å². The third kappa shape index (κ3) is 2.42. The topological polar surface area (TPSA) is 92.3 Å². The second kappa shape index (κ2) is 5.33. The van der Waals surface area contributed by atoms with Crippen LogP contribution in [0.4, 0.5) is 0 Å². The third-order valence-corrected chi connectivity index (χ3v) is 3.25. The molecule has 0 atom stereocenters. The number of ether oxygens (including phenoxy) is 1. The first-order chi connectivity index (χ1) is 10.6. The lowest BCUT2D eigenvalue weighted by molar-refractivity contribution is 0.0601. The van der Waals surface area contributed by atoms with E-state index in [0.717, 1.165) is 0 Å². The van der Waals surface area contributed by atoms with Crippen LogP contribution < -0.4 is 5.56 Å². The SMILES string of the molecule is COC(=O)c1cccc(-c2nc3ccc(O)cc3c(=O)[nH]2)c1. The molecule has 0 spiro atoms. The van der Waals surface area contributed by atoms with Crippen LogP contribution in [-0.4, -0.2) is 28.2 Å². The van der Waals surface area contributed by atoms with Gasteiger partial charge in [-0.3, -0.25) is 4.79 Å². The maximum Gasteiger partial charge on any atom is 0.337 e. The molecule has 3 aromatic rings. The molecular weight excluding hydrogens is 284 g/mol. The largest absolute Gasteiger partial charge is 0.508 e. The first-order valence-electron chi connectivity index (χ1n) is 6.50. The minimum Gasteiger partial charge on any atom is -0.508 e. The number of phenolic OH excluding ortho intramolecular Hbond substituents is 1. The number of H-pyrrole nitrogens is 1. The molecule has 0 saturated heterocycles. The Bertz CT molecular complexity index is 931. The van der Waals surface area contributed by atoms with Crippen molar-refractivity contribution in [2.24, 2.45) is 0 Å². The highest BCUT2D eigenvalue weighted by molar-refractivity contribution is 5.90. The van der Waals surface area contributed by atoms with E-state index in [1.54, 1.807) is 30.3 Å². The molecule has 1 aromatic heterocycles. The van der Waals surface area contributed by atoms with Gasteiger partial charge in [-0.1, -0.05) is 12.1 Å². The zero-order chi connectivity index (χ0) is 15.7. The van der Waals surface area contributed by atoms with Gasteiger partial charge < -0.3 is 14.8 Å². The molecule has 0 amide bonds. The normalized spacial score (nSPS) is 10.6. The lowest BCUT2D eigenvalue weighted by Gasteiger charge is -2.05. The van der Waals surface area contributed by atoms with Crippen molar-refractivity contribution in [2.75, 3.05) is 7.11 Å². The fraction of sp³-hybridized carbons (Fsp3) is 0.0625. The van der Waals surface area contributed by atoms with E-state index >= 15 is 0 Å². The van der Waals surface area contributed by atoms with E-state index in [-0.39, 0.29) is 11.3 Å². The molecule has 0 aliphatic heterocycles. The van der Waals surface area contributed by atoms with E-state index in [0.29, 0.717) is 27.9 Å². The number of nitrogens with one attached hydrogen (secondary N) is 1. The fourth-order valence-electron chi connectivity index (χ4n) is 2.17. The summed E-state index contributed by atoms with van der Waals surface area (Å²) in [6.45, 7) is 0. The highest BCUT2D eigenvalue weighted by atomic mass is 16.5. The van der Waals surface area contributed by atoms with Gasteiger partial charge in [0.1, 0.15) is 11.6 Å². The number of aromatic hydroxyl groups is 1. The summed E-state index contributed by atoms with van der Waals surface area (Å²) < 4.78 is 4.68. The van der Waals surface area contributed by atoms with Gasteiger partial charge in [-0.15, -0.1) is 0 Å². The predicted octanol–water partition coefficient (Wildman–Crippen LogP) is 2.08. The Morgan fingerprint density at radius 3 is 2.82 bits per heavy atom. The summed E-state index contributed by atoms with van der Waals surface area (Å²) in [6.07, 6.45) is 0. The Balaban J connectivity index is 2.17. The van der Waals surface area contributed by atoms with Crippen molar-refractivity contribution in [3.8, 4) is 17.1 Å². The van der Waals surface area contributed by atoms with Gasteiger partial charge in [-0.05, 0) is 30.3 Å². The number of carbonyl (C=O) groups is 1. The van der Waals surface area contributed by atoms with E-state index in [1.165, 1.54) is 19.2 Å². The molecule has 0 aliphatic rings. The fourth-order valence-corrected chi connectivity index (χ4v) is 2.17. The number of aromatic nitrogens is 2. The number of carbonyl (C=O) groups excluding carboxylic acids is 1. The second-order valence-electron chi connectivity index (χ2n) is 4.69. The lowest BCUT2D eigenvalue weighted by atomic mass is 10.1. The summed E-state index contributed by atoms with van der Waals surface area (Å²) in [7, 11) is 1.30. The second-order valence-corrected chi connectivity index (χ2v) is 4.69. The van der Waals surface area contributed by atoms with E-state index < -0.39 is 5.97 Å². The number of esters is 1. The van der Waals surface area contributed by atoms with Crippen molar-refractivity contribution in [1.29, 1.82) is 0 Å². The number of fused-ring (bicyclic) bond motifs is 1. The highest BCUT2D eigenvalue weighted by Gasteiger charge is 2.10. The summed E-state index contributed by atoms with van der Waals surface area (Å²) in [6, 6.07) is 11.0. The number of hydrogen-bond acceptors (Lipinski definition) is 5. The smallest absolute Gasteiger partial charge is 0.337 e. The van der Waals surface area contributed by atoms with Gasteiger partial charge in [-0.25, -0.2) is 9.78 Å². The number of nitrogens with zero attached hydrogens (tertiary/aromatic N) is 1. The van der Waals surface area contributed by atoms with Crippen LogP contribution in [0.1, 0.15) is 10.4 Å². The molecule has 0 unspecified atom stereocenters. The molecule has 2 N–H and O–H groups in total.